The second-order valence-electron chi connectivity index (χ2n) is 9.34. The molecule has 0 aliphatic carbocycles. The SMILES string of the molecule is C[C@H](Oc1ccc(S(C)(=O)=O)cc1C(=O)N1Cc2ccc(N3C[C@@H]4C[C@H]3CO4)cc2C1)C(F)(F)F. The Labute approximate surface area is 201 Å². The van der Waals surface area contributed by atoms with Gasteiger partial charge in [-0.1, -0.05) is 6.07 Å². The number of anilines is 1. The molecule has 0 saturated carbocycles. The number of morpholine rings is 1. The number of hydrogen-bond acceptors (Lipinski definition) is 6. The van der Waals surface area contributed by atoms with Crippen LogP contribution < -0.4 is 9.64 Å². The monoisotopic (exact) mass is 510 g/mol. The number of benzene rings is 2. The first kappa shape index (κ1) is 23.9. The summed E-state index contributed by atoms with van der Waals surface area (Å²) in [6, 6.07) is 9.69. The number of rotatable bonds is 5. The van der Waals surface area contributed by atoms with E-state index in [9.17, 15) is 26.4 Å². The summed E-state index contributed by atoms with van der Waals surface area (Å²) >= 11 is 0. The number of halogens is 3. The van der Waals surface area contributed by atoms with Crippen molar-refractivity contribution in [2.75, 3.05) is 24.3 Å². The number of fused-ring (bicyclic) bond motifs is 3. The minimum absolute atomic E-state index is 0.168. The van der Waals surface area contributed by atoms with Crippen molar-refractivity contribution < 1.29 is 35.9 Å². The molecule has 3 heterocycles. The van der Waals surface area contributed by atoms with Gasteiger partial charge in [-0.3, -0.25) is 4.79 Å². The predicted octanol–water partition coefficient (Wildman–Crippen LogP) is 3.55. The molecule has 0 unspecified atom stereocenters. The van der Waals surface area contributed by atoms with Crippen LogP contribution in [0.4, 0.5) is 18.9 Å². The Morgan fingerprint density at radius 3 is 2.51 bits per heavy atom. The summed E-state index contributed by atoms with van der Waals surface area (Å²) in [6.07, 6.45) is -4.60. The van der Waals surface area contributed by atoms with Crippen molar-refractivity contribution in [3.05, 3.63) is 53.1 Å². The third-order valence-electron chi connectivity index (χ3n) is 6.81. The molecule has 2 aromatic carbocycles. The Hall–Kier alpha value is -2.79. The summed E-state index contributed by atoms with van der Waals surface area (Å²) in [6.45, 7) is 2.88. The van der Waals surface area contributed by atoms with E-state index in [2.05, 4.69) is 4.90 Å². The second kappa shape index (κ2) is 8.41. The van der Waals surface area contributed by atoms with Gasteiger partial charge < -0.3 is 19.3 Å². The molecule has 0 spiro atoms. The molecule has 3 aliphatic rings. The van der Waals surface area contributed by atoms with Crippen molar-refractivity contribution in [1.29, 1.82) is 0 Å². The van der Waals surface area contributed by atoms with Crippen LogP contribution in [0.3, 0.4) is 0 Å². The lowest BCUT2D eigenvalue weighted by Gasteiger charge is -2.29. The first-order valence-electron chi connectivity index (χ1n) is 11.3. The van der Waals surface area contributed by atoms with Gasteiger partial charge in [-0.05, 0) is 54.8 Å². The average Bonchev–Trinajstić information content (AvgIpc) is 3.52. The molecule has 2 saturated heterocycles. The zero-order chi connectivity index (χ0) is 25.1. The molecule has 1 amide bonds. The summed E-state index contributed by atoms with van der Waals surface area (Å²) in [7, 11) is -3.69. The van der Waals surface area contributed by atoms with Crippen molar-refractivity contribution in [2.45, 2.75) is 55.8 Å². The summed E-state index contributed by atoms with van der Waals surface area (Å²) in [5, 5.41) is 0. The maximum atomic E-state index is 13.4. The van der Waals surface area contributed by atoms with Gasteiger partial charge in [0.05, 0.1) is 29.2 Å². The Kier molecular flexibility index (Phi) is 5.75. The van der Waals surface area contributed by atoms with Gasteiger partial charge >= 0.3 is 6.18 Å². The molecule has 7 nitrogen and oxygen atoms in total. The topological polar surface area (TPSA) is 76.2 Å². The van der Waals surface area contributed by atoms with Crippen LogP contribution in [0.15, 0.2) is 41.3 Å². The Morgan fingerprint density at radius 2 is 1.89 bits per heavy atom. The molecule has 0 radical (unpaired) electrons. The second-order valence-corrected chi connectivity index (χ2v) is 11.4. The van der Waals surface area contributed by atoms with Crippen LogP contribution in [-0.4, -0.2) is 63.1 Å². The molecule has 188 valence electrons. The lowest BCUT2D eigenvalue weighted by Crippen LogP contribution is -2.36. The highest BCUT2D eigenvalue weighted by molar-refractivity contribution is 7.90. The van der Waals surface area contributed by atoms with Crippen LogP contribution in [0.2, 0.25) is 0 Å². The van der Waals surface area contributed by atoms with Crippen LogP contribution in [0.5, 0.6) is 5.75 Å². The molecule has 35 heavy (non-hydrogen) atoms. The van der Waals surface area contributed by atoms with E-state index in [-0.39, 0.29) is 35.4 Å². The number of hydrogen-bond donors (Lipinski definition) is 0. The van der Waals surface area contributed by atoms with E-state index in [1.165, 1.54) is 4.90 Å². The maximum Gasteiger partial charge on any atom is 0.425 e. The lowest BCUT2D eigenvalue weighted by atomic mass is 10.1. The van der Waals surface area contributed by atoms with E-state index < -0.39 is 28.0 Å². The van der Waals surface area contributed by atoms with Gasteiger partial charge in [0.25, 0.3) is 5.91 Å². The smallest absolute Gasteiger partial charge is 0.425 e. The van der Waals surface area contributed by atoms with Crippen LogP contribution in [0.1, 0.15) is 34.8 Å². The first-order valence-corrected chi connectivity index (χ1v) is 13.2. The molecule has 2 aromatic rings. The van der Waals surface area contributed by atoms with Gasteiger partial charge in [0, 0.05) is 31.6 Å². The van der Waals surface area contributed by atoms with E-state index >= 15 is 0 Å². The number of sulfone groups is 1. The minimum Gasteiger partial charge on any atom is -0.480 e. The van der Waals surface area contributed by atoms with Gasteiger partial charge in [-0.15, -0.1) is 0 Å². The number of carbonyl (C=O) groups is 1. The molecule has 3 atom stereocenters. The van der Waals surface area contributed by atoms with Crippen LogP contribution >= 0.6 is 0 Å². The number of nitrogens with zero attached hydrogens (tertiary/aromatic N) is 2. The number of carbonyl (C=O) groups excluding carboxylic acids is 1. The van der Waals surface area contributed by atoms with Gasteiger partial charge in [-0.2, -0.15) is 13.2 Å². The fourth-order valence-electron chi connectivity index (χ4n) is 4.86. The first-order chi connectivity index (χ1) is 16.4. The summed E-state index contributed by atoms with van der Waals surface area (Å²) in [5.74, 6) is -0.900. The normalized spacial score (nSPS) is 22.4. The standard InChI is InChI=1S/C24H25F3N2O5S/c1-14(24(25,26)27)34-22-6-5-20(35(2,31)32)9-21(22)23(30)28-10-15-3-4-17(7-16(15)11-28)29-12-19-8-18(29)13-33-19/h3-7,9,14,18-19H,8,10-13H2,1-2H3/t14-,18-,19-/m0/s1. The van der Waals surface area contributed by atoms with Gasteiger partial charge in [0.2, 0.25) is 0 Å². The van der Waals surface area contributed by atoms with Gasteiger partial charge in [-0.25, -0.2) is 8.42 Å². The van der Waals surface area contributed by atoms with Crippen LogP contribution in [-0.2, 0) is 27.7 Å². The van der Waals surface area contributed by atoms with E-state index in [0.29, 0.717) is 12.6 Å². The molecular formula is C24H25F3N2O5S. The quantitative estimate of drug-likeness (QED) is 0.613. The predicted molar refractivity (Wildman–Crippen MR) is 121 cm³/mol. The van der Waals surface area contributed by atoms with Crippen molar-refractivity contribution >= 4 is 21.4 Å². The number of amides is 1. The molecule has 11 heteroatoms. The van der Waals surface area contributed by atoms with Crippen molar-refractivity contribution in [2.24, 2.45) is 0 Å². The summed E-state index contributed by atoms with van der Waals surface area (Å²) < 4.78 is 74.2. The van der Waals surface area contributed by atoms with Gasteiger partial charge in [0.15, 0.2) is 15.9 Å². The highest BCUT2D eigenvalue weighted by atomic mass is 32.2. The molecule has 3 aliphatic heterocycles. The molecule has 0 aromatic heterocycles. The van der Waals surface area contributed by atoms with E-state index in [1.807, 2.05) is 18.2 Å². The minimum atomic E-state index is -4.64. The van der Waals surface area contributed by atoms with Crippen molar-refractivity contribution in [3.63, 3.8) is 0 Å². The van der Waals surface area contributed by atoms with Crippen molar-refractivity contribution in [1.82, 2.24) is 4.90 Å². The average molecular weight is 511 g/mol. The van der Waals surface area contributed by atoms with Crippen molar-refractivity contribution in [3.8, 4) is 5.75 Å². The third kappa shape index (κ3) is 4.58. The fourth-order valence-corrected chi connectivity index (χ4v) is 5.50. The number of alkyl halides is 3. The van der Waals surface area contributed by atoms with E-state index in [4.69, 9.17) is 9.47 Å². The molecule has 2 fully saturated rings. The zero-order valence-corrected chi connectivity index (χ0v) is 20.0. The largest absolute Gasteiger partial charge is 0.480 e. The highest BCUT2D eigenvalue weighted by Gasteiger charge is 2.40. The van der Waals surface area contributed by atoms with Gasteiger partial charge in [0.1, 0.15) is 5.75 Å². The Morgan fingerprint density at radius 1 is 1.14 bits per heavy atom. The summed E-state index contributed by atoms with van der Waals surface area (Å²) in [5.41, 5.74) is 2.72. The van der Waals surface area contributed by atoms with Crippen LogP contribution in [0.25, 0.3) is 0 Å². The molecular weight excluding hydrogens is 485 g/mol. The summed E-state index contributed by atoms with van der Waals surface area (Å²) in [4.78, 5) is 17.1. The lowest BCUT2D eigenvalue weighted by molar-refractivity contribution is -0.189. The van der Waals surface area contributed by atoms with E-state index in [1.54, 1.807) is 0 Å². The molecule has 5 rings (SSSR count). The molecule has 0 N–H and O–H groups in total. The van der Waals surface area contributed by atoms with E-state index in [0.717, 1.165) is 61.2 Å². The Balaban J connectivity index is 1.41. The van der Waals surface area contributed by atoms with Crippen LogP contribution in [0, 0.1) is 0 Å². The zero-order valence-electron chi connectivity index (χ0n) is 19.2. The third-order valence-corrected chi connectivity index (χ3v) is 7.92. The highest BCUT2D eigenvalue weighted by Crippen LogP contribution is 2.36. The molecule has 2 bridgehead atoms. The Bertz CT molecular complexity index is 1280. The maximum absolute atomic E-state index is 13.4. The fraction of sp³-hybridized carbons (Fsp3) is 0.458. The number of ether oxygens (including phenoxy) is 2.